The maximum Gasteiger partial charge on any atom is 0.266 e. The van der Waals surface area contributed by atoms with Crippen LogP contribution in [0.1, 0.15) is 42.6 Å². The lowest BCUT2D eigenvalue weighted by Gasteiger charge is -2.25. The van der Waals surface area contributed by atoms with E-state index in [0.29, 0.717) is 12.2 Å². The van der Waals surface area contributed by atoms with E-state index < -0.39 is 0 Å². The van der Waals surface area contributed by atoms with Gasteiger partial charge in [-0.3, -0.25) is 14.7 Å². The molecule has 0 saturated heterocycles. The molecule has 1 saturated carbocycles. The van der Waals surface area contributed by atoms with Crippen molar-refractivity contribution < 1.29 is 4.79 Å². The van der Waals surface area contributed by atoms with Gasteiger partial charge in [-0.15, -0.1) is 0 Å². The Kier molecular flexibility index (Phi) is 4.21. The maximum absolute atomic E-state index is 12.4. The Morgan fingerprint density at radius 1 is 1.48 bits per heavy atom. The molecule has 2 aromatic heterocycles. The van der Waals surface area contributed by atoms with Crippen LogP contribution in [0, 0.1) is 19.8 Å². The quantitative estimate of drug-likeness (QED) is 0.777. The zero-order valence-corrected chi connectivity index (χ0v) is 13.6. The van der Waals surface area contributed by atoms with E-state index in [4.69, 9.17) is 5.73 Å². The predicted octanol–water partition coefficient (Wildman–Crippen LogP) is 0.773. The number of aromatic amines is 1. The molecule has 7 nitrogen and oxygen atoms in total. The van der Waals surface area contributed by atoms with Crippen molar-refractivity contribution >= 4 is 11.6 Å². The van der Waals surface area contributed by atoms with Crippen molar-refractivity contribution in [3.63, 3.8) is 0 Å². The van der Waals surface area contributed by atoms with Crippen LogP contribution in [0.25, 0.3) is 5.65 Å². The lowest BCUT2D eigenvalue weighted by atomic mass is 9.85. The van der Waals surface area contributed by atoms with Crippen LogP contribution in [0.4, 0.5) is 0 Å². The Morgan fingerprint density at radius 2 is 2.26 bits per heavy atom. The molecule has 0 spiro atoms. The van der Waals surface area contributed by atoms with Gasteiger partial charge in [0.25, 0.3) is 5.56 Å². The molecule has 1 fully saturated rings. The molecule has 7 heteroatoms. The molecule has 23 heavy (non-hydrogen) atoms. The van der Waals surface area contributed by atoms with Gasteiger partial charge >= 0.3 is 0 Å². The predicted molar refractivity (Wildman–Crippen MR) is 87.1 cm³/mol. The smallest absolute Gasteiger partial charge is 0.266 e. The summed E-state index contributed by atoms with van der Waals surface area (Å²) in [5.74, 6) is 0.0579. The van der Waals surface area contributed by atoms with Crippen molar-refractivity contribution in [3.8, 4) is 0 Å². The first kappa shape index (κ1) is 15.7. The van der Waals surface area contributed by atoms with E-state index in [0.717, 1.165) is 42.6 Å². The van der Waals surface area contributed by atoms with Crippen LogP contribution in [-0.4, -0.2) is 26.5 Å². The van der Waals surface area contributed by atoms with Gasteiger partial charge in [0.2, 0.25) is 5.91 Å². The van der Waals surface area contributed by atoms with E-state index >= 15 is 0 Å². The van der Waals surface area contributed by atoms with Crippen molar-refractivity contribution in [2.75, 3.05) is 0 Å². The standard InChI is InChI=1S/C16H23N5O2/c1-9-13(10(2)21-14(19-9)7-15(22)20-21)8-18-16(23)11-4-3-5-12(17)6-11/h7,11-12H,3-6,8,17H2,1-2H3,(H,18,23)(H,20,22). The second kappa shape index (κ2) is 6.16. The summed E-state index contributed by atoms with van der Waals surface area (Å²) >= 11 is 0. The molecule has 3 rings (SSSR count). The third-order valence-electron chi connectivity index (χ3n) is 4.73. The van der Waals surface area contributed by atoms with E-state index in [1.54, 1.807) is 4.52 Å². The van der Waals surface area contributed by atoms with Gasteiger partial charge in [-0.25, -0.2) is 9.50 Å². The number of fused-ring (bicyclic) bond motifs is 1. The molecule has 0 aromatic carbocycles. The normalized spacial score (nSPS) is 21.5. The third-order valence-corrected chi connectivity index (χ3v) is 4.73. The van der Waals surface area contributed by atoms with Crippen LogP contribution in [0.2, 0.25) is 0 Å². The fourth-order valence-corrected chi connectivity index (χ4v) is 3.40. The molecule has 2 unspecified atom stereocenters. The van der Waals surface area contributed by atoms with Crippen molar-refractivity contribution in [2.45, 2.75) is 52.1 Å². The summed E-state index contributed by atoms with van der Waals surface area (Å²) in [7, 11) is 0. The number of carbonyl (C=O) groups is 1. The highest BCUT2D eigenvalue weighted by atomic mass is 16.2. The van der Waals surface area contributed by atoms with Crippen LogP contribution in [0.5, 0.6) is 0 Å². The highest BCUT2D eigenvalue weighted by molar-refractivity contribution is 5.78. The molecule has 1 amide bonds. The Labute approximate surface area is 134 Å². The van der Waals surface area contributed by atoms with Crippen LogP contribution >= 0.6 is 0 Å². The first-order chi connectivity index (χ1) is 11.0. The van der Waals surface area contributed by atoms with Gasteiger partial charge in [-0.2, -0.15) is 0 Å². The highest BCUT2D eigenvalue weighted by Gasteiger charge is 2.25. The number of nitrogens with one attached hydrogen (secondary N) is 2. The zero-order chi connectivity index (χ0) is 16.6. The van der Waals surface area contributed by atoms with E-state index in [-0.39, 0.29) is 23.4 Å². The van der Waals surface area contributed by atoms with Gasteiger partial charge in [0.05, 0.1) is 0 Å². The summed E-state index contributed by atoms with van der Waals surface area (Å²) in [6.07, 6.45) is 3.67. The molecule has 0 bridgehead atoms. The Bertz CT molecular complexity index is 792. The van der Waals surface area contributed by atoms with Crippen LogP contribution in [-0.2, 0) is 11.3 Å². The summed E-state index contributed by atoms with van der Waals surface area (Å²) in [6.45, 7) is 4.21. The maximum atomic E-state index is 12.4. The average molecular weight is 317 g/mol. The lowest BCUT2D eigenvalue weighted by Crippen LogP contribution is -2.37. The second-order valence-corrected chi connectivity index (χ2v) is 6.42. The molecular formula is C16H23N5O2. The van der Waals surface area contributed by atoms with Gasteiger partial charge in [-0.05, 0) is 33.1 Å². The number of aryl methyl sites for hydroxylation is 2. The Balaban J connectivity index is 1.76. The molecule has 2 heterocycles. The number of amides is 1. The number of carbonyl (C=O) groups excluding carboxylic acids is 1. The SMILES string of the molecule is Cc1nc2cc(=O)[nH]n2c(C)c1CNC(=O)C1CCCC(N)C1. The summed E-state index contributed by atoms with van der Waals surface area (Å²) in [4.78, 5) is 28.2. The van der Waals surface area contributed by atoms with Crippen LogP contribution in [0.15, 0.2) is 10.9 Å². The summed E-state index contributed by atoms with van der Waals surface area (Å²) in [5, 5.41) is 5.72. The van der Waals surface area contributed by atoms with E-state index in [1.807, 2.05) is 13.8 Å². The molecular weight excluding hydrogens is 294 g/mol. The summed E-state index contributed by atoms with van der Waals surface area (Å²) in [5.41, 5.74) is 9.00. The van der Waals surface area contributed by atoms with Crippen LogP contribution in [0.3, 0.4) is 0 Å². The van der Waals surface area contributed by atoms with Gasteiger partial charge < -0.3 is 11.1 Å². The molecule has 0 aliphatic heterocycles. The topological polar surface area (TPSA) is 105 Å². The van der Waals surface area contributed by atoms with Crippen molar-refractivity contribution in [1.29, 1.82) is 0 Å². The number of hydrogen-bond acceptors (Lipinski definition) is 4. The first-order valence-electron chi connectivity index (χ1n) is 8.07. The molecule has 1 aliphatic rings. The fourth-order valence-electron chi connectivity index (χ4n) is 3.40. The number of rotatable bonds is 3. The van der Waals surface area contributed by atoms with Crippen LogP contribution < -0.4 is 16.6 Å². The van der Waals surface area contributed by atoms with E-state index in [1.165, 1.54) is 6.07 Å². The zero-order valence-electron chi connectivity index (χ0n) is 13.6. The monoisotopic (exact) mass is 317 g/mol. The van der Waals surface area contributed by atoms with E-state index in [2.05, 4.69) is 15.4 Å². The Morgan fingerprint density at radius 3 is 3.00 bits per heavy atom. The minimum absolute atomic E-state index is 0.00226. The fraction of sp³-hybridized carbons (Fsp3) is 0.562. The number of hydrogen-bond donors (Lipinski definition) is 3. The lowest BCUT2D eigenvalue weighted by molar-refractivity contribution is -0.126. The summed E-state index contributed by atoms with van der Waals surface area (Å²) in [6, 6.07) is 1.59. The Hall–Kier alpha value is -2.15. The van der Waals surface area contributed by atoms with Crippen molar-refractivity contribution in [1.82, 2.24) is 19.9 Å². The number of nitrogens with zero attached hydrogens (tertiary/aromatic N) is 2. The molecule has 1 aliphatic carbocycles. The van der Waals surface area contributed by atoms with E-state index in [9.17, 15) is 9.59 Å². The largest absolute Gasteiger partial charge is 0.352 e. The third kappa shape index (κ3) is 3.14. The number of aromatic nitrogens is 3. The molecule has 2 aromatic rings. The molecule has 124 valence electrons. The molecule has 2 atom stereocenters. The van der Waals surface area contributed by atoms with Gasteiger partial charge in [0, 0.05) is 41.5 Å². The first-order valence-corrected chi connectivity index (χ1v) is 8.07. The van der Waals surface area contributed by atoms with Gasteiger partial charge in [0.15, 0.2) is 5.65 Å². The molecule has 0 radical (unpaired) electrons. The van der Waals surface area contributed by atoms with Gasteiger partial charge in [0.1, 0.15) is 0 Å². The molecule has 4 N–H and O–H groups in total. The second-order valence-electron chi connectivity index (χ2n) is 6.42. The van der Waals surface area contributed by atoms with Crippen molar-refractivity contribution in [3.05, 3.63) is 33.4 Å². The van der Waals surface area contributed by atoms with Crippen molar-refractivity contribution in [2.24, 2.45) is 11.7 Å². The van der Waals surface area contributed by atoms with Gasteiger partial charge in [-0.1, -0.05) is 6.42 Å². The highest BCUT2D eigenvalue weighted by Crippen LogP contribution is 2.23. The number of nitrogens with two attached hydrogens (primary N) is 1. The minimum Gasteiger partial charge on any atom is -0.352 e. The minimum atomic E-state index is -0.183. The average Bonchev–Trinajstić information content (AvgIpc) is 2.87. The summed E-state index contributed by atoms with van der Waals surface area (Å²) < 4.78 is 1.66. The number of H-pyrrole nitrogens is 1.